The van der Waals surface area contributed by atoms with E-state index in [9.17, 15) is 4.21 Å². The Balaban J connectivity index is 2.32. The first-order valence-electron chi connectivity index (χ1n) is 5.39. The second kappa shape index (κ2) is 6.80. The van der Waals surface area contributed by atoms with Crippen LogP contribution in [0.3, 0.4) is 0 Å². The molecule has 0 bridgehead atoms. The summed E-state index contributed by atoms with van der Waals surface area (Å²) >= 11 is 0. The van der Waals surface area contributed by atoms with E-state index in [0.29, 0.717) is 5.75 Å². The van der Waals surface area contributed by atoms with Crippen LogP contribution in [0.1, 0.15) is 32.1 Å². The SMILES string of the molecule is CCC(NCCS(=O)CC)c1ccco1. The van der Waals surface area contributed by atoms with Crippen molar-refractivity contribution in [1.82, 2.24) is 5.32 Å². The zero-order valence-corrected chi connectivity index (χ0v) is 10.2. The topological polar surface area (TPSA) is 42.2 Å². The Kier molecular flexibility index (Phi) is 5.65. The Bertz CT molecular complexity index is 285. The van der Waals surface area contributed by atoms with Crippen molar-refractivity contribution in [3.05, 3.63) is 24.2 Å². The van der Waals surface area contributed by atoms with E-state index in [1.807, 2.05) is 19.1 Å². The largest absolute Gasteiger partial charge is 0.468 e. The van der Waals surface area contributed by atoms with Crippen molar-refractivity contribution >= 4 is 10.8 Å². The first-order valence-corrected chi connectivity index (χ1v) is 6.88. The van der Waals surface area contributed by atoms with Gasteiger partial charge in [0.2, 0.25) is 0 Å². The first kappa shape index (κ1) is 12.5. The van der Waals surface area contributed by atoms with Gasteiger partial charge in [-0.1, -0.05) is 13.8 Å². The van der Waals surface area contributed by atoms with Crippen LogP contribution in [0.5, 0.6) is 0 Å². The number of nitrogens with one attached hydrogen (secondary N) is 1. The Morgan fingerprint density at radius 1 is 1.53 bits per heavy atom. The quantitative estimate of drug-likeness (QED) is 0.778. The van der Waals surface area contributed by atoms with Crippen molar-refractivity contribution < 1.29 is 8.63 Å². The molecule has 0 aliphatic rings. The highest BCUT2D eigenvalue weighted by atomic mass is 32.2. The number of hydrogen-bond acceptors (Lipinski definition) is 3. The van der Waals surface area contributed by atoms with Gasteiger partial charge in [-0.25, -0.2) is 0 Å². The summed E-state index contributed by atoms with van der Waals surface area (Å²) in [6.07, 6.45) is 2.66. The van der Waals surface area contributed by atoms with Gasteiger partial charge >= 0.3 is 0 Å². The molecule has 1 rings (SSSR count). The Hall–Kier alpha value is -0.610. The molecule has 0 spiro atoms. The molecule has 0 amide bonds. The highest BCUT2D eigenvalue weighted by Crippen LogP contribution is 2.16. The van der Waals surface area contributed by atoms with Gasteiger partial charge in [-0.15, -0.1) is 0 Å². The van der Waals surface area contributed by atoms with Crippen molar-refractivity contribution in [2.24, 2.45) is 0 Å². The van der Waals surface area contributed by atoms with Crippen LogP contribution >= 0.6 is 0 Å². The van der Waals surface area contributed by atoms with E-state index < -0.39 is 10.8 Å². The number of rotatable bonds is 7. The minimum Gasteiger partial charge on any atom is -0.468 e. The average Bonchev–Trinajstić information content (AvgIpc) is 2.77. The fourth-order valence-corrected chi connectivity index (χ4v) is 2.06. The molecule has 15 heavy (non-hydrogen) atoms. The third-order valence-electron chi connectivity index (χ3n) is 2.34. The molecule has 0 aromatic carbocycles. The zero-order chi connectivity index (χ0) is 11.1. The maximum Gasteiger partial charge on any atom is 0.120 e. The fraction of sp³-hybridized carbons (Fsp3) is 0.636. The second-order valence-electron chi connectivity index (χ2n) is 3.36. The van der Waals surface area contributed by atoms with Gasteiger partial charge in [0.15, 0.2) is 0 Å². The molecule has 0 radical (unpaired) electrons. The normalized spacial score (nSPS) is 15.1. The lowest BCUT2D eigenvalue weighted by Gasteiger charge is -2.13. The van der Waals surface area contributed by atoms with Crippen molar-refractivity contribution in [2.75, 3.05) is 18.1 Å². The predicted octanol–water partition coefficient (Wildman–Crippen LogP) is 2.09. The average molecular weight is 229 g/mol. The molecule has 3 nitrogen and oxygen atoms in total. The van der Waals surface area contributed by atoms with E-state index in [4.69, 9.17) is 4.42 Å². The molecular weight excluding hydrogens is 210 g/mol. The van der Waals surface area contributed by atoms with Crippen LogP contribution in [0.15, 0.2) is 22.8 Å². The molecule has 86 valence electrons. The summed E-state index contributed by atoms with van der Waals surface area (Å²) in [5.41, 5.74) is 0. The second-order valence-corrected chi connectivity index (χ2v) is 5.23. The predicted molar refractivity (Wildman–Crippen MR) is 63.3 cm³/mol. The lowest BCUT2D eigenvalue weighted by molar-refractivity contribution is 0.411. The summed E-state index contributed by atoms with van der Waals surface area (Å²) in [4.78, 5) is 0. The van der Waals surface area contributed by atoms with Crippen LogP contribution in [0.2, 0.25) is 0 Å². The van der Waals surface area contributed by atoms with Gasteiger partial charge in [0, 0.05) is 28.9 Å². The minimum absolute atomic E-state index is 0.244. The zero-order valence-electron chi connectivity index (χ0n) is 9.36. The molecule has 1 aromatic heterocycles. The molecule has 1 heterocycles. The van der Waals surface area contributed by atoms with Gasteiger partial charge in [-0.3, -0.25) is 4.21 Å². The van der Waals surface area contributed by atoms with E-state index in [1.54, 1.807) is 6.26 Å². The van der Waals surface area contributed by atoms with Crippen LogP contribution in [0.4, 0.5) is 0 Å². The molecular formula is C11H19NO2S. The van der Waals surface area contributed by atoms with Gasteiger partial charge in [0.05, 0.1) is 12.3 Å². The lowest BCUT2D eigenvalue weighted by atomic mass is 10.2. The highest BCUT2D eigenvalue weighted by Gasteiger charge is 2.10. The van der Waals surface area contributed by atoms with Crippen molar-refractivity contribution in [3.63, 3.8) is 0 Å². The molecule has 1 aromatic rings. The molecule has 0 aliphatic carbocycles. The fourth-order valence-electron chi connectivity index (χ4n) is 1.43. The van der Waals surface area contributed by atoms with Crippen molar-refractivity contribution in [2.45, 2.75) is 26.3 Å². The molecule has 0 saturated carbocycles. The molecule has 1 N–H and O–H groups in total. The molecule has 4 heteroatoms. The molecule has 2 atom stereocenters. The Morgan fingerprint density at radius 3 is 2.87 bits per heavy atom. The van der Waals surface area contributed by atoms with E-state index in [-0.39, 0.29) is 6.04 Å². The smallest absolute Gasteiger partial charge is 0.120 e. The monoisotopic (exact) mass is 229 g/mol. The van der Waals surface area contributed by atoms with Crippen LogP contribution in [0.25, 0.3) is 0 Å². The van der Waals surface area contributed by atoms with Crippen molar-refractivity contribution in [3.8, 4) is 0 Å². The number of hydrogen-bond donors (Lipinski definition) is 1. The number of furan rings is 1. The maximum absolute atomic E-state index is 11.2. The van der Waals surface area contributed by atoms with Gasteiger partial charge in [0.25, 0.3) is 0 Å². The molecule has 0 aliphatic heterocycles. The first-order chi connectivity index (χ1) is 7.27. The summed E-state index contributed by atoms with van der Waals surface area (Å²) in [6, 6.07) is 4.11. The maximum atomic E-state index is 11.2. The highest BCUT2D eigenvalue weighted by molar-refractivity contribution is 7.84. The van der Waals surface area contributed by atoms with E-state index in [2.05, 4.69) is 12.2 Å². The summed E-state index contributed by atoms with van der Waals surface area (Å²) in [7, 11) is -0.685. The standard InChI is InChI=1S/C11H19NO2S/c1-3-10(11-6-5-8-14-11)12-7-9-15(13)4-2/h5-6,8,10,12H,3-4,7,9H2,1-2H3. The Labute approximate surface area is 93.7 Å². The summed E-state index contributed by atoms with van der Waals surface area (Å²) in [5, 5.41) is 3.35. The van der Waals surface area contributed by atoms with Crippen LogP contribution in [-0.4, -0.2) is 22.3 Å². The van der Waals surface area contributed by atoms with Crippen LogP contribution in [-0.2, 0) is 10.8 Å². The van der Waals surface area contributed by atoms with E-state index in [0.717, 1.165) is 24.5 Å². The summed E-state index contributed by atoms with van der Waals surface area (Å²) < 4.78 is 16.5. The van der Waals surface area contributed by atoms with Gasteiger partial charge < -0.3 is 9.73 Å². The molecule has 2 unspecified atom stereocenters. The van der Waals surface area contributed by atoms with Gasteiger partial charge in [-0.05, 0) is 18.6 Å². The minimum atomic E-state index is -0.685. The van der Waals surface area contributed by atoms with Gasteiger partial charge in [0.1, 0.15) is 5.76 Å². The van der Waals surface area contributed by atoms with Crippen molar-refractivity contribution in [1.29, 1.82) is 0 Å². The molecule has 0 fully saturated rings. The van der Waals surface area contributed by atoms with E-state index >= 15 is 0 Å². The third-order valence-corrected chi connectivity index (χ3v) is 3.64. The van der Waals surface area contributed by atoms with Crippen LogP contribution < -0.4 is 5.32 Å². The lowest BCUT2D eigenvalue weighted by Crippen LogP contribution is -2.25. The third kappa shape index (κ3) is 4.18. The van der Waals surface area contributed by atoms with Gasteiger partial charge in [-0.2, -0.15) is 0 Å². The summed E-state index contributed by atoms with van der Waals surface area (Å²) in [6.45, 7) is 4.83. The van der Waals surface area contributed by atoms with Crippen LogP contribution in [0, 0.1) is 0 Å². The molecule has 0 saturated heterocycles. The Morgan fingerprint density at radius 2 is 2.33 bits per heavy atom. The summed E-state index contributed by atoms with van der Waals surface area (Å²) in [5.74, 6) is 2.41. The van der Waals surface area contributed by atoms with E-state index in [1.165, 1.54) is 0 Å².